The maximum Gasteiger partial charge on any atom is 0.0871 e. The number of aromatic nitrogens is 3. The van der Waals surface area contributed by atoms with E-state index >= 15 is 0 Å². The molecule has 13 heavy (non-hydrogen) atoms. The molecule has 0 unspecified atom stereocenters. The highest BCUT2D eigenvalue weighted by Gasteiger charge is 1.99. The molecule has 1 aromatic carbocycles. The second kappa shape index (κ2) is 3.18. The maximum atomic E-state index is 5.83. The molecule has 3 nitrogen and oxygen atoms in total. The summed E-state index contributed by atoms with van der Waals surface area (Å²) >= 11 is 5.83. The molecule has 0 bridgehead atoms. The molecule has 1 aromatic heterocycles. The number of nitrogens with zero attached hydrogens (tertiary/aromatic N) is 3. The summed E-state index contributed by atoms with van der Waals surface area (Å²) in [5.41, 5.74) is 1.76. The van der Waals surface area contributed by atoms with Crippen LogP contribution in [-0.2, 0) is 0 Å². The van der Waals surface area contributed by atoms with Gasteiger partial charge in [0.15, 0.2) is 0 Å². The van der Waals surface area contributed by atoms with E-state index in [2.05, 4.69) is 10.2 Å². The zero-order valence-electron chi connectivity index (χ0n) is 7.11. The SMILES string of the molecule is Cc1cnn(-c2cccc(Cl)c2)n1. The Kier molecular flexibility index (Phi) is 2.02. The Hall–Kier alpha value is -1.35. The first-order valence-electron chi connectivity index (χ1n) is 3.90. The molecule has 0 aliphatic heterocycles. The quantitative estimate of drug-likeness (QED) is 0.696. The van der Waals surface area contributed by atoms with Crippen LogP contribution in [0.4, 0.5) is 0 Å². The molecule has 4 heteroatoms. The topological polar surface area (TPSA) is 30.7 Å². The van der Waals surface area contributed by atoms with Crippen LogP contribution in [0.5, 0.6) is 0 Å². The molecule has 2 rings (SSSR count). The summed E-state index contributed by atoms with van der Waals surface area (Å²) in [5.74, 6) is 0. The Morgan fingerprint density at radius 3 is 2.85 bits per heavy atom. The van der Waals surface area contributed by atoms with E-state index in [4.69, 9.17) is 11.6 Å². The first-order valence-corrected chi connectivity index (χ1v) is 4.28. The molecule has 0 spiro atoms. The summed E-state index contributed by atoms with van der Waals surface area (Å²) in [6.45, 7) is 1.90. The molecular formula is C9H8ClN3. The van der Waals surface area contributed by atoms with Crippen molar-refractivity contribution in [2.24, 2.45) is 0 Å². The standard InChI is InChI=1S/C9H8ClN3/c1-7-6-11-13(12-7)9-4-2-3-8(10)5-9/h2-6H,1H3. The summed E-state index contributed by atoms with van der Waals surface area (Å²) < 4.78 is 0. The van der Waals surface area contributed by atoms with Crippen LogP contribution in [-0.4, -0.2) is 15.0 Å². The third-order valence-electron chi connectivity index (χ3n) is 1.65. The van der Waals surface area contributed by atoms with Crippen molar-refractivity contribution in [3.8, 4) is 5.69 Å². The largest absolute Gasteiger partial charge is 0.157 e. The molecule has 2 aromatic rings. The van der Waals surface area contributed by atoms with Crippen molar-refractivity contribution >= 4 is 11.6 Å². The van der Waals surface area contributed by atoms with Crippen LogP contribution < -0.4 is 0 Å². The molecule has 0 radical (unpaired) electrons. The summed E-state index contributed by atoms with van der Waals surface area (Å²) in [7, 11) is 0. The second-order valence-electron chi connectivity index (χ2n) is 2.76. The first kappa shape index (κ1) is 8.26. The number of hydrogen-bond donors (Lipinski definition) is 0. The van der Waals surface area contributed by atoms with Crippen molar-refractivity contribution in [2.45, 2.75) is 6.92 Å². The average Bonchev–Trinajstić information content (AvgIpc) is 2.52. The lowest BCUT2D eigenvalue weighted by Gasteiger charge is -1.98. The number of halogens is 1. The Morgan fingerprint density at radius 2 is 2.23 bits per heavy atom. The molecule has 0 amide bonds. The van der Waals surface area contributed by atoms with Crippen molar-refractivity contribution in [2.75, 3.05) is 0 Å². The van der Waals surface area contributed by atoms with Gasteiger partial charge in [-0.1, -0.05) is 17.7 Å². The number of rotatable bonds is 1. The molecule has 0 aliphatic carbocycles. The fraction of sp³-hybridized carbons (Fsp3) is 0.111. The van der Waals surface area contributed by atoms with Gasteiger partial charge in [0.2, 0.25) is 0 Å². The zero-order chi connectivity index (χ0) is 9.26. The number of hydrogen-bond acceptors (Lipinski definition) is 2. The fourth-order valence-corrected chi connectivity index (χ4v) is 1.25. The fourth-order valence-electron chi connectivity index (χ4n) is 1.06. The van der Waals surface area contributed by atoms with Crippen LogP contribution in [0.2, 0.25) is 5.02 Å². The molecule has 0 saturated carbocycles. The van der Waals surface area contributed by atoms with Gasteiger partial charge in [0, 0.05) is 5.02 Å². The Labute approximate surface area is 81.0 Å². The van der Waals surface area contributed by atoms with Gasteiger partial charge in [-0.05, 0) is 25.1 Å². The number of benzene rings is 1. The van der Waals surface area contributed by atoms with E-state index in [9.17, 15) is 0 Å². The smallest absolute Gasteiger partial charge is 0.0871 e. The molecule has 0 saturated heterocycles. The van der Waals surface area contributed by atoms with Crippen LogP contribution in [0.15, 0.2) is 30.5 Å². The third kappa shape index (κ3) is 1.70. The summed E-state index contributed by atoms with van der Waals surface area (Å²) in [6, 6.07) is 7.42. The Balaban J connectivity index is 2.46. The molecular weight excluding hydrogens is 186 g/mol. The Morgan fingerprint density at radius 1 is 1.38 bits per heavy atom. The van der Waals surface area contributed by atoms with Gasteiger partial charge >= 0.3 is 0 Å². The monoisotopic (exact) mass is 193 g/mol. The molecule has 0 aliphatic rings. The van der Waals surface area contributed by atoms with Gasteiger partial charge in [-0.2, -0.15) is 15.0 Å². The van der Waals surface area contributed by atoms with Crippen molar-refractivity contribution in [3.05, 3.63) is 41.2 Å². The van der Waals surface area contributed by atoms with Crippen molar-refractivity contribution in [1.82, 2.24) is 15.0 Å². The predicted molar refractivity (Wildman–Crippen MR) is 51.1 cm³/mol. The van der Waals surface area contributed by atoms with E-state index < -0.39 is 0 Å². The first-order chi connectivity index (χ1) is 6.25. The van der Waals surface area contributed by atoms with Gasteiger partial charge in [-0.15, -0.1) is 0 Å². The average molecular weight is 194 g/mol. The molecule has 0 fully saturated rings. The zero-order valence-corrected chi connectivity index (χ0v) is 7.86. The second-order valence-corrected chi connectivity index (χ2v) is 3.19. The summed E-state index contributed by atoms with van der Waals surface area (Å²) in [5, 5.41) is 8.93. The lowest BCUT2D eigenvalue weighted by Crippen LogP contribution is -1.97. The molecule has 0 atom stereocenters. The molecule has 66 valence electrons. The van der Waals surface area contributed by atoms with E-state index in [0.29, 0.717) is 5.02 Å². The van der Waals surface area contributed by atoms with E-state index in [1.54, 1.807) is 11.0 Å². The summed E-state index contributed by atoms with van der Waals surface area (Å²) in [6.07, 6.45) is 1.71. The highest BCUT2D eigenvalue weighted by atomic mass is 35.5. The summed E-state index contributed by atoms with van der Waals surface area (Å²) in [4.78, 5) is 1.56. The normalized spacial score (nSPS) is 10.3. The van der Waals surface area contributed by atoms with E-state index in [-0.39, 0.29) is 0 Å². The van der Waals surface area contributed by atoms with Crippen LogP contribution in [0.25, 0.3) is 5.69 Å². The lowest BCUT2D eigenvalue weighted by atomic mass is 10.3. The van der Waals surface area contributed by atoms with Crippen molar-refractivity contribution in [3.63, 3.8) is 0 Å². The highest BCUT2D eigenvalue weighted by molar-refractivity contribution is 6.30. The van der Waals surface area contributed by atoms with Crippen molar-refractivity contribution < 1.29 is 0 Å². The predicted octanol–water partition coefficient (Wildman–Crippen LogP) is 2.23. The minimum absolute atomic E-state index is 0.687. The van der Waals surface area contributed by atoms with Crippen LogP contribution in [0.3, 0.4) is 0 Å². The van der Waals surface area contributed by atoms with Gasteiger partial charge in [-0.3, -0.25) is 0 Å². The lowest BCUT2D eigenvalue weighted by molar-refractivity contribution is 0.746. The van der Waals surface area contributed by atoms with E-state index in [1.807, 2.05) is 31.2 Å². The molecule has 1 heterocycles. The van der Waals surface area contributed by atoms with Gasteiger partial charge in [-0.25, -0.2) is 0 Å². The minimum Gasteiger partial charge on any atom is -0.157 e. The van der Waals surface area contributed by atoms with Gasteiger partial charge in [0.05, 0.1) is 17.6 Å². The minimum atomic E-state index is 0.687. The van der Waals surface area contributed by atoms with E-state index in [0.717, 1.165) is 11.4 Å². The van der Waals surface area contributed by atoms with E-state index in [1.165, 1.54) is 0 Å². The van der Waals surface area contributed by atoms with Gasteiger partial charge < -0.3 is 0 Å². The van der Waals surface area contributed by atoms with Gasteiger partial charge in [0.25, 0.3) is 0 Å². The van der Waals surface area contributed by atoms with Gasteiger partial charge in [0.1, 0.15) is 0 Å². The third-order valence-corrected chi connectivity index (χ3v) is 1.88. The van der Waals surface area contributed by atoms with Crippen LogP contribution in [0, 0.1) is 6.92 Å². The van der Waals surface area contributed by atoms with Crippen molar-refractivity contribution in [1.29, 1.82) is 0 Å². The van der Waals surface area contributed by atoms with Crippen LogP contribution in [0.1, 0.15) is 5.69 Å². The highest BCUT2D eigenvalue weighted by Crippen LogP contribution is 2.12. The maximum absolute atomic E-state index is 5.83. The van der Waals surface area contributed by atoms with Crippen LogP contribution >= 0.6 is 11.6 Å². The number of aryl methyl sites for hydroxylation is 1. The molecule has 0 N–H and O–H groups in total. The Bertz CT molecular complexity index is 422.